The second-order valence-electron chi connectivity index (χ2n) is 8.38. The molecule has 0 bridgehead atoms. The highest BCUT2D eigenvalue weighted by Gasteiger charge is 2.35. The average Bonchev–Trinajstić information content (AvgIpc) is 2.72. The quantitative estimate of drug-likeness (QED) is 0.314. The van der Waals surface area contributed by atoms with Gasteiger partial charge in [-0.3, -0.25) is 4.99 Å². The topological polar surface area (TPSA) is 73.3 Å². The van der Waals surface area contributed by atoms with Crippen molar-refractivity contribution in [2.75, 3.05) is 41.5 Å². The second-order valence-corrected chi connectivity index (χ2v) is 8.38. The molecule has 0 saturated carbocycles. The van der Waals surface area contributed by atoms with E-state index in [4.69, 9.17) is 18.9 Å². The smallest absolute Gasteiger partial charge is 0.191 e. The van der Waals surface area contributed by atoms with Gasteiger partial charge in [-0.2, -0.15) is 0 Å². The van der Waals surface area contributed by atoms with Crippen LogP contribution in [-0.4, -0.2) is 53.6 Å². The predicted molar refractivity (Wildman–Crippen MR) is 132 cm³/mol. The number of aliphatic imine (C=N–C) groups is 1. The Hall–Kier alpha value is -1.42. The van der Waals surface area contributed by atoms with Crippen LogP contribution in [-0.2, 0) is 11.3 Å². The Kier molecular flexibility index (Phi) is 11.0. The Labute approximate surface area is 198 Å². The molecule has 30 heavy (non-hydrogen) atoms. The third kappa shape index (κ3) is 7.08. The molecule has 0 amide bonds. The summed E-state index contributed by atoms with van der Waals surface area (Å²) >= 11 is 0. The molecule has 2 atom stereocenters. The molecule has 7 nitrogen and oxygen atoms in total. The van der Waals surface area contributed by atoms with Crippen LogP contribution < -0.4 is 24.8 Å². The average molecular weight is 535 g/mol. The summed E-state index contributed by atoms with van der Waals surface area (Å²) in [6.07, 6.45) is 2.50. The lowest BCUT2D eigenvalue weighted by molar-refractivity contribution is -0.0835. The van der Waals surface area contributed by atoms with E-state index in [0.717, 1.165) is 37.5 Å². The normalized spacial score (nSPS) is 19.5. The van der Waals surface area contributed by atoms with Gasteiger partial charge in [0.05, 0.1) is 39.5 Å². The number of nitrogens with zero attached hydrogens (tertiary/aromatic N) is 1. The Bertz CT molecular complexity index is 666. The molecule has 0 aromatic heterocycles. The number of ether oxygens (including phenoxy) is 4. The molecular formula is C22H38IN3O4. The zero-order chi connectivity index (χ0) is 21.4. The van der Waals surface area contributed by atoms with Crippen molar-refractivity contribution in [3.8, 4) is 17.2 Å². The van der Waals surface area contributed by atoms with E-state index in [1.807, 2.05) is 12.1 Å². The van der Waals surface area contributed by atoms with Crippen LogP contribution in [0.3, 0.4) is 0 Å². The van der Waals surface area contributed by atoms with Gasteiger partial charge in [0.25, 0.3) is 0 Å². The zero-order valence-corrected chi connectivity index (χ0v) is 21.7. The molecule has 1 aliphatic rings. The molecule has 172 valence electrons. The van der Waals surface area contributed by atoms with Crippen LogP contribution >= 0.6 is 24.0 Å². The zero-order valence-electron chi connectivity index (χ0n) is 19.3. The first-order chi connectivity index (χ1) is 13.8. The van der Waals surface area contributed by atoms with Gasteiger partial charge in [0, 0.05) is 38.2 Å². The number of benzene rings is 1. The minimum atomic E-state index is 0. The van der Waals surface area contributed by atoms with Crippen LogP contribution in [0.4, 0.5) is 0 Å². The standard InChI is InChI=1S/C22H37N3O4.HI/c1-22(2,3)20-15(9-8-10-29-20)13-24-21(23-4)25-14-17-18(27-6)11-16(26-5)12-19(17)28-7;/h11-12,15,20H,8-10,13-14H2,1-7H3,(H2,23,24,25);1H. The summed E-state index contributed by atoms with van der Waals surface area (Å²) in [5.41, 5.74) is 1.03. The second kappa shape index (κ2) is 12.4. The van der Waals surface area contributed by atoms with E-state index in [1.165, 1.54) is 0 Å². The van der Waals surface area contributed by atoms with Gasteiger partial charge in [-0.15, -0.1) is 24.0 Å². The van der Waals surface area contributed by atoms with Crippen LogP contribution in [0.5, 0.6) is 17.2 Å². The van der Waals surface area contributed by atoms with Gasteiger partial charge in [0.1, 0.15) is 17.2 Å². The van der Waals surface area contributed by atoms with E-state index >= 15 is 0 Å². The first-order valence-corrected chi connectivity index (χ1v) is 10.2. The fourth-order valence-electron chi connectivity index (χ4n) is 3.88. The van der Waals surface area contributed by atoms with E-state index in [2.05, 4.69) is 36.4 Å². The summed E-state index contributed by atoms with van der Waals surface area (Å²) in [4.78, 5) is 4.37. The summed E-state index contributed by atoms with van der Waals surface area (Å²) in [7, 11) is 6.68. The first-order valence-electron chi connectivity index (χ1n) is 10.2. The molecule has 1 aliphatic heterocycles. The summed E-state index contributed by atoms with van der Waals surface area (Å²) in [5.74, 6) is 3.29. The van der Waals surface area contributed by atoms with E-state index in [0.29, 0.717) is 29.7 Å². The highest BCUT2D eigenvalue weighted by atomic mass is 127. The molecular weight excluding hydrogens is 497 g/mol. The maximum atomic E-state index is 6.09. The van der Waals surface area contributed by atoms with Gasteiger partial charge < -0.3 is 29.6 Å². The van der Waals surface area contributed by atoms with E-state index in [-0.39, 0.29) is 35.5 Å². The van der Waals surface area contributed by atoms with Gasteiger partial charge in [0.2, 0.25) is 0 Å². The van der Waals surface area contributed by atoms with Gasteiger partial charge in [-0.25, -0.2) is 0 Å². The Morgan fingerprint density at radius 1 is 1.10 bits per heavy atom. The van der Waals surface area contributed by atoms with Crippen molar-refractivity contribution in [2.45, 2.75) is 46.3 Å². The molecule has 1 heterocycles. The number of hydrogen-bond donors (Lipinski definition) is 2. The molecule has 0 radical (unpaired) electrons. The van der Waals surface area contributed by atoms with Crippen LogP contribution in [0, 0.1) is 11.3 Å². The number of guanidine groups is 1. The highest BCUT2D eigenvalue weighted by molar-refractivity contribution is 14.0. The van der Waals surface area contributed by atoms with Crippen LogP contribution in [0.2, 0.25) is 0 Å². The van der Waals surface area contributed by atoms with Gasteiger partial charge in [-0.1, -0.05) is 20.8 Å². The van der Waals surface area contributed by atoms with Crippen molar-refractivity contribution in [1.82, 2.24) is 10.6 Å². The molecule has 2 unspecified atom stereocenters. The summed E-state index contributed by atoms with van der Waals surface area (Å²) in [6.45, 7) is 8.91. The van der Waals surface area contributed by atoms with Crippen molar-refractivity contribution >= 4 is 29.9 Å². The number of methoxy groups -OCH3 is 3. The fraction of sp³-hybridized carbons (Fsp3) is 0.682. The first kappa shape index (κ1) is 26.6. The van der Waals surface area contributed by atoms with Gasteiger partial charge >= 0.3 is 0 Å². The van der Waals surface area contributed by atoms with Crippen molar-refractivity contribution in [3.05, 3.63) is 17.7 Å². The van der Waals surface area contributed by atoms with E-state index in [9.17, 15) is 0 Å². The van der Waals surface area contributed by atoms with Crippen LogP contribution in [0.1, 0.15) is 39.2 Å². The molecule has 1 fully saturated rings. The minimum absolute atomic E-state index is 0. The van der Waals surface area contributed by atoms with Crippen molar-refractivity contribution < 1.29 is 18.9 Å². The monoisotopic (exact) mass is 535 g/mol. The molecule has 8 heteroatoms. The van der Waals surface area contributed by atoms with Crippen molar-refractivity contribution in [1.29, 1.82) is 0 Å². The summed E-state index contributed by atoms with van der Waals surface area (Å²) in [5, 5.41) is 6.82. The number of hydrogen-bond acceptors (Lipinski definition) is 5. The molecule has 1 aromatic carbocycles. The summed E-state index contributed by atoms with van der Waals surface area (Å²) in [6, 6.07) is 3.70. The highest BCUT2D eigenvalue weighted by Crippen LogP contribution is 2.35. The maximum Gasteiger partial charge on any atom is 0.191 e. The molecule has 1 saturated heterocycles. The number of rotatable bonds is 7. The number of halogens is 1. The van der Waals surface area contributed by atoms with Crippen LogP contribution in [0.15, 0.2) is 17.1 Å². The third-order valence-electron chi connectivity index (χ3n) is 5.30. The molecule has 2 N–H and O–H groups in total. The molecule has 0 aliphatic carbocycles. The van der Waals surface area contributed by atoms with E-state index < -0.39 is 0 Å². The SMILES string of the molecule is CN=C(NCc1c(OC)cc(OC)cc1OC)NCC1CCCOC1C(C)(C)C.I. The Balaban J connectivity index is 0.00000450. The van der Waals surface area contributed by atoms with Crippen molar-refractivity contribution in [2.24, 2.45) is 16.3 Å². The molecule has 0 spiro atoms. The van der Waals surface area contributed by atoms with E-state index in [1.54, 1.807) is 28.4 Å². The lowest BCUT2D eigenvalue weighted by Gasteiger charge is -2.40. The Morgan fingerprint density at radius 2 is 1.73 bits per heavy atom. The minimum Gasteiger partial charge on any atom is -0.496 e. The lowest BCUT2D eigenvalue weighted by atomic mass is 9.78. The van der Waals surface area contributed by atoms with Gasteiger partial charge in [0.15, 0.2) is 5.96 Å². The fourth-order valence-corrected chi connectivity index (χ4v) is 3.88. The lowest BCUT2D eigenvalue weighted by Crippen LogP contribution is -2.47. The maximum absolute atomic E-state index is 6.09. The molecule has 2 rings (SSSR count). The predicted octanol–water partition coefficient (Wildman–Crippen LogP) is 3.84. The third-order valence-corrected chi connectivity index (χ3v) is 5.30. The van der Waals surface area contributed by atoms with Gasteiger partial charge in [-0.05, 0) is 18.3 Å². The summed E-state index contributed by atoms with van der Waals surface area (Å²) < 4.78 is 22.5. The largest absolute Gasteiger partial charge is 0.496 e. The van der Waals surface area contributed by atoms with Crippen LogP contribution in [0.25, 0.3) is 0 Å². The van der Waals surface area contributed by atoms with Crippen molar-refractivity contribution in [3.63, 3.8) is 0 Å². The Morgan fingerprint density at radius 3 is 2.23 bits per heavy atom. The molecule has 1 aromatic rings. The number of nitrogens with one attached hydrogen (secondary N) is 2.